The van der Waals surface area contributed by atoms with Crippen molar-refractivity contribution in [1.29, 1.82) is 0 Å². The fourth-order valence-corrected chi connectivity index (χ4v) is 1.42. The number of hydrogen-bond donors (Lipinski definition) is 1. The van der Waals surface area contributed by atoms with Crippen LogP contribution in [0.2, 0.25) is 0 Å². The van der Waals surface area contributed by atoms with Gasteiger partial charge < -0.3 is 10.1 Å². The van der Waals surface area contributed by atoms with E-state index in [1.165, 1.54) is 5.56 Å². The molecule has 0 saturated carbocycles. The van der Waals surface area contributed by atoms with E-state index in [9.17, 15) is 4.79 Å². The van der Waals surface area contributed by atoms with Crippen LogP contribution in [0.4, 0.5) is 0 Å². The molecule has 0 aliphatic carbocycles. The fraction of sp³-hybridized carbons (Fsp3) is 0.462. The van der Waals surface area contributed by atoms with Crippen molar-refractivity contribution in [3.05, 3.63) is 35.9 Å². The minimum atomic E-state index is -0.107. The lowest BCUT2D eigenvalue weighted by molar-refractivity contribution is -0.143. The minimum Gasteiger partial charge on any atom is -0.466 e. The molecule has 0 atom stereocenters. The van der Waals surface area contributed by atoms with Gasteiger partial charge in [0, 0.05) is 13.0 Å². The van der Waals surface area contributed by atoms with E-state index in [2.05, 4.69) is 17.4 Å². The Balaban J connectivity index is 2.02. The Morgan fingerprint density at radius 3 is 2.75 bits per heavy atom. The predicted molar refractivity (Wildman–Crippen MR) is 64.0 cm³/mol. The summed E-state index contributed by atoms with van der Waals surface area (Å²) in [5.41, 5.74) is 1.26. The highest BCUT2D eigenvalue weighted by Gasteiger charge is 2.00. The van der Waals surface area contributed by atoms with Crippen molar-refractivity contribution >= 4 is 5.97 Å². The Kier molecular flexibility index (Phi) is 6.26. The first-order valence-corrected chi connectivity index (χ1v) is 5.73. The van der Waals surface area contributed by atoms with Gasteiger partial charge >= 0.3 is 5.97 Å². The summed E-state index contributed by atoms with van der Waals surface area (Å²) < 4.78 is 4.84. The first-order valence-electron chi connectivity index (χ1n) is 5.73. The number of esters is 1. The van der Waals surface area contributed by atoms with Crippen LogP contribution in [-0.2, 0) is 16.1 Å². The molecule has 16 heavy (non-hydrogen) atoms. The van der Waals surface area contributed by atoms with Crippen LogP contribution in [0.3, 0.4) is 0 Å². The summed E-state index contributed by atoms with van der Waals surface area (Å²) in [4.78, 5) is 11.0. The highest BCUT2D eigenvalue weighted by molar-refractivity contribution is 5.69. The molecular formula is C13H19NO2. The van der Waals surface area contributed by atoms with Crippen LogP contribution in [-0.4, -0.2) is 19.1 Å². The zero-order valence-electron chi connectivity index (χ0n) is 9.74. The molecule has 0 unspecified atom stereocenters. The molecule has 3 nitrogen and oxygen atoms in total. The van der Waals surface area contributed by atoms with Crippen LogP contribution in [0.1, 0.15) is 25.3 Å². The summed E-state index contributed by atoms with van der Waals surface area (Å²) in [6.45, 7) is 3.99. The molecular weight excluding hydrogens is 202 g/mol. The van der Waals surface area contributed by atoms with E-state index in [0.717, 1.165) is 19.5 Å². The Labute approximate surface area is 96.8 Å². The maximum absolute atomic E-state index is 11.0. The van der Waals surface area contributed by atoms with E-state index >= 15 is 0 Å². The molecule has 1 aromatic rings. The van der Waals surface area contributed by atoms with Gasteiger partial charge in [-0.1, -0.05) is 30.3 Å². The highest BCUT2D eigenvalue weighted by atomic mass is 16.5. The highest BCUT2D eigenvalue weighted by Crippen LogP contribution is 1.97. The summed E-state index contributed by atoms with van der Waals surface area (Å²) in [5, 5.41) is 3.29. The van der Waals surface area contributed by atoms with Gasteiger partial charge in [-0.2, -0.15) is 0 Å². The van der Waals surface area contributed by atoms with Crippen molar-refractivity contribution in [2.24, 2.45) is 0 Å². The Morgan fingerprint density at radius 2 is 2.06 bits per heavy atom. The standard InChI is InChI=1S/C13H19NO2/c1-2-16-13(15)9-6-10-14-11-12-7-4-3-5-8-12/h3-5,7-8,14H,2,6,9-11H2,1H3. The number of rotatable bonds is 7. The SMILES string of the molecule is CCOC(=O)CCCNCc1ccccc1. The Hall–Kier alpha value is -1.35. The zero-order valence-corrected chi connectivity index (χ0v) is 9.74. The molecule has 88 valence electrons. The zero-order chi connectivity index (χ0) is 11.6. The number of benzene rings is 1. The molecule has 0 amide bonds. The molecule has 0 aliphatic rings. The maximum atomic E-state index is 11.0. The van der Waals surface area contributed by atoms with Crippen molar-refractivity contribution in [1.82, 2.24) is 5.32 Å². The molecule has 1 N–H and O–H groups in total. The lowest BCUT2D eigenvalue weighted by Crippen LogP contribution is -2.16. The van der Waals surface area contributed by atoms with E-state index in [1.807, 2.05) is 25.1 Å². The second-order valence-electron chi connectivity index (χ2n) is 3.57. The average molecular weight is 221 g/mol. The van der Waals surface area contributed by atoms with E-state index in [0.29, 0.717) is 13.0 Å². The summed E-state index contributed by atoms with van der Waals surface area (Å²) >= 11 is 0. The van der Waals surface area contributed by atoms with E-state index in [4.69, 9.17) is 4.74 Å². The molecule has 0 saturated heterocycles. The largest absolute Gasteiger partial charge is 0.466 e. The fourth-order valence-electron chi connectivity index (χ4n) is 1.42. The summed E-state index contributed by atoms with van der Waals surface area (Å²) in [7, 11) is 0. The van der Waals surface area contributed by atoms with Crippen molar-refractivity contribution in [2.45, 2.75) is 26.3 Å². The monoisotopic (exact) mass is 221 g/mol. The van der Waals surface area contributed by atoms with Crippen molar-refractivity contribution in [3.8, 4) is 0 Å². The van der Waals surface area contributed by atoms with E-state index < -0.39 is 0 Å². The predicted octanol–water partition coefficient (Wildman–Crippen LogP) is 2.12. The van der Waals surface area contributed by atoms with E-state index in [-0.39, 0.29) is 5.97 Å². The summed E-state index contributed by atoms with van der Waals surface area (Å²) in [6.07, 6.45) is 1.32. The number of ether oxygens (including phenoxy) is 1. The third-order valence-electron chi connectivity index (χ3n) is 2.21. The molecule has 0 bridgehead atoms. The Morgan fingerprint density at radius 1 is 1.31 bits per heavy atom. The molecule has 0 spiro atoms. The molecule has 1 aromatic carbocycles. The summed E-state index contributed by atoms with van der Waals surface area (Å²) in [5.74, 6) is -0.107. The van der Waals surface area contributed by atoms with Crippen LogP contribution in [0.5, 0.6) is 0 Å². The number of carbonyl (C=O) groups excluding carboxylic acids is 1. The van der Waals surface area contributed by atoms with Crippen LogP contribution < -0.4 is 5.32 Å². The Bertz CT molecular complexity index is 298. The van der Waals surface area contributed by atoms with Gasteiger partial charge in [0.15, 0.2) is 0 Å². The van der Waals surface area contributed by atoms with Gasteiger partial charge in [0.05, 0.1) is 6.61 Å². The lowest BCUT2D eigenvalue weighted by atomic mass is 10.2. The molecule has 0 fully saturated rings. The lowest BCUT2D eigenvalue weighted by Gasteiger charge is -2.04. The van der Waals surface area contributed by atoms with Crippen molar-refractivity contribution < 1.29 is 9.53 Å². The first-order chi connectivity index (χ1) is 7.83. The van der Waals surface area contributed by atoms with Crippen LogP contribution in [0, 0.1) is 0 Å². The van der Waals surface area contributed by atoms with Gasteiger partial charge in [-0.25, -0.2) is 0 Å². The molecule has 3 heteroatoms. The van der Waals surface area contributed by atoms with Crippen LogP contribution in [0.15, 0.2) is 30.3 Å². The van der Waals surface area contributed by atoms with Gasteiger partial charge in [0.2, 0.25) is 0 Å². The van der Waals surface area contributed by atoms with Gasteiger partial charge in [-0.05, 0) is 25.5 Å². The second-order valence-corrected chi connectivity index (χ2v) is 3.57. The van der Waals surface area contributed by atoms with Crippen molar-refractivity contribution in [3.63, 3.8) is 0 Å². The van der Waals surface area contributed by atoms with Gasteiger partial charge in [0.1, 0.15) is 0 Å². The van der Waals surface area contributed by atoms with Crippen LogP contribution in [0.25, 0.3) is 0 Å². The molecule has 0 heterocycles. The van der Waals surface area contributed by atoms with Gasteiger partial charge in [0.25, 0.3) is 0 Å². The quantitative estimate of drug-likeness (QED) is 0.566. The van der Waals surface area contributed by atoms with Gasteiger partial charge in [-0.3, -0.25) is 4.79 Å². The molecule has 0 aliphatic heterocycles. The number of hydrogen-bond acceptors (Lipinski definition) is 3. The third-order valence-corrected chi connectivity index (χ3v) is 2.21. The average Bonchev–Trinajstić information content (AvgIpc) is 2.30. The molecule has 0 radical (unpaired) electrons. The number of nitrogens with one attached hydrogen (secondary N) is 1. The second kappa shape index (κ2) is 7.88. The van der Waals surface area contributed by atoms with Crippen molar-refractivity contribution in [2.75, 3.05) is 13.2 Å². The van der Waals surface area contributed by atoms with E-state index in [1.54, 1.807) is 0 Å². The first kappa shape index (κ1) is 12.7. The number of carbonyl (C=O) groups is 1. The molecule has 0 aromatic heterocycles. The topological polar surface area (TPSA) is 38.3 Å². The molecule has 1 rings (SSSR count). The smallest absolute Gasteiger partial charge is 0.305 e. The maximum Gasteiger partial charge on any atom is 0.305 e. The minimum absolute atomic E-state index is 0.107. The third kappa shape index (κ3) is 5.51. The van der Waals surface area contributed by atoms with Gasteiger partial charge in [-0.15, -0.1) is 0 Å². The summed E-state index contributed by atoms with van der Waals surface area (Å²) in [6, 6.07) is 10.2. The normalized spacial score (nSPS) is 10.1. The van der Waals surface area contributed by atoms with Crippen LogP contribution >= 0.6 is 0 Å².